The number of benzene rings is 9. The fraction of sp³-hybridized carbons (Fsp3) is 0.0385. The molecule has 0 atom stereocenters. The van der Waals surface area contributed by atoms with E-state index in [2.05, 4.69) is 217 Å². The molecule has 0 bridgehead atoms. The van der Waals surface area contributed by atoms with Gasteiger partial charge in [-0.2, -0.15) is 0 Å². The zero-order valence-corrected chi connectivity index (χ0v) is 30.4. The van der Waals surface area contributed by atoms with Gasteiger partial charge in [0.1, 0.15) is 0 Å². The number of hydrogen-bond donors (Lipinski definition) is 0. The van der Waals surface area contributed by atoms with Gasteiger partial charge < -0.3 is 9.47 Å². The monoisotopic (exact) mass is 690 g/mol. The van der Waals surface area contributed by atoms with Crippen LogP contribution in [0.4, 0.5) is 17.1 Å². The second-order valence-corrected chi connectivity index (χ2v) is 14.3. The lowest BCUT2D eigenvalue weighted by Crippen LogP contribution is -2.09. The third-order valence-electron chi connectivity index (χ3n) is 11.1. The summed E-state index contributed by atoms with van der Waals surface area (Å²) in [5.41, 5.74) is 10.8. The highest BCUT2D eigenvalue weighted by Crippen LogP contribution is 2.39. The molecule has 1 aromatic heterocycles. The zero-order valence-electron chi connectivity index (χ0n) is 30.4. The summed E-state index contributed by atoms with van der Waals surface area (Å²) in [4.78, 5) is 2.36. The van der Waals surface area contributed by atoms with E-state index in [1.54, 1.807) is 0 Å². The Bertz CT molecular complexity index is 2990. The maximum atomic E-state index is 2.45. The fourth-order valence-electron chi connectivity index (χ4n) is 8.23. The van der Waals surface area contributed by atoms with Crippen molar-refractivity contribution in [1.82, 2.24) is 4.57 Å². The largest absolute Gasteiger partial charge is 0.313 e. The van der Waals surface area contributed by atoms with E-state index in [0.29, 0.717) is 0 Å². The van der Waals surface area contributed by atoms with Crippen molar-refractivity contribution in [3.63, 3.8) is 0 Å². The van der Waals surface area contributed by atoms with Crippen LogP contribution in [0.3, 0.4) is 0 Å². The molecule has 256 valence electrons. The van der Waals surface area contributed by atoms with Gasteiger partial charge in [-0.05, 0) is 123 Å². The molecule has 10 aromatic rings. The van der Waals surface area contributed by atoms with E-state index >= 15 is 0 Å². The minimum atomic E-state index is 1.12. The first kappa shape index (κ1) is 31.8. The molecule has 0 spiro atoms. The fourth-order valence-corrected chi connectivity index (χ4v) is 8.23. The molecule has 0 radical (unpaired) electrons. The van der Waals surface area contributed by atoms with Crippen molar-refractivity contribution < 1.29 is 0 Å². The SMILES string of the molecule is Cc1c(C)n(-c2cc3ccccc3c3ccccc23)c2ccc(/C=C/c3ccc(N(c4ccc5ccccc5c4)c4ccc5ccccc5c4)cc3)cc12. The van der Waals surface area contributed by atoms with Crippen LogP contribution in [-0.2, 0) is 0 Å². The highest BCUT2D eigenvalue weighted by atomic mass is 15.1. The second kappa shape index (κ2) is 12.9. The standard InChI is InChI=1S/C52H38N2/c1-35-36(2)53(52-34-43-15-7-8-16-47(43)48-17-9-10-18-49(48)52)51-30-23-38(31-50(35)51)20-19-37-21-26-44(27-22-37)54(45-28-24-39-11-3-5-13-41(39)32-45)46-29-25-40-12-4-6-14-42(40)33-46/h3-34H,1-2H3/b20-19+. The van der Waals surface area contributed by atoms with Gasteiger partial charge in [0.25, 0.3) is 0 Å². The molecule has 9 aromatic carbocycles. The molecular formula is C52H38N2. The van der Waals surface area contributed by atoms with E-state index in [1.165, 1.54) is 76.5 Å². The molecule has 0 saturated carbocycles. The summed E-state index contributed by atoms with van der Waals surface area (Å²) in [5, 5.41) is 11.3. The highest BCUT2D eigenvalue weighted by molar-refractivity contribution is 6.12. The Balaban J connectivity index is 0.998. The summed E-state index contributed by atoms with van der Waals surface area (Å²) >= 11 is 0. The van der Waals surface area contributed by atoms with Gasteiger partial charge in [-0.1, -0.05) is 140 Å². The van der Waals surface area contributed by atoms with Crippen molar-refractivity contribution in [2.24, 2.45) is 0 Å². The number of aryl methyl sites for hydroxylation is 1. The molecule has 2 nitrogen and oxygen atoms in total. The van der Waals surface area contributed by atoms with Crippen LogP contribution in [0.2, 0.25) is 0 Å². The van der Waals surface area contributed by atoms with Crippen LogP contribution < -0.4 is 4.90 Å². The first-order valence-corrected chi connectivity index (χ1v) is 18.7. The Labute approximate surface area is 315 Å². The van der Waals surface area contributed by atoms with Crippen LogP contribution in [0.5, 0.6) is 0 Å². The summed E-state index contributed by atoms with van der Waals surface area (Å²) in [6.45, 7) is 4.50. The van der Waals surface area contributed by atoms with Crippen LogP contribution >= 0.6 is 0 Å². The Kier molecular flexibility index (Phi) is 7.63. The van der Waals surface area contributed by atoms with Gasteiger partial charge in [0.15, 0.2) is 0 Å². The molecule has 10 rings (SSSR count). The quantitative estimate of drug-likeness (QED) is 0.125. The number of fused-ring (bicyclic) bond motifs is 6. The van der Waals surface area contributed by atoms with Gasteiger partial charge in [-0.25, -0.2) is 0 Å². The van der Waals surface area contributed by atoms with E-state index in [1.807, 2.05) is 0 Å². The predicted octanol–water partition coefficient (Wildman–Crippen LogP) is 14.5. The molecule has 0 unspecified atom stereocenters. The van der Waals surface area contributed by atoms with Crippen molar-refractivity contribution in [2.75, 3.05) is 4.90 Å². The zero-order chi connectivity index (χ0) is 36.2. The van der Waals surface area contributed by atoms with Gasteiger partial charge in [0.05, 0.1) is 11.2 Å². The van der Waals surface area contributed by atoms with Crippen LogP contribution in [0.1, 0.15) is 22.4 Å². The molecule has 0 aliphatic rings. The van der Waals surface area contributed by atoms with Crippen LogP contribution in [0, 0.1) is 13.8 Å². The molecule has 0 amide bonds. The minimum Gasteiger partial charge on any atom is -0.313 e. The Morgan fingerprint density at radius 3 is 1.57 bits per heavy atom. The average molecular weight is 691 g/mol. The van der Waals surface area contributed by atoms with Gasteiger partial charge in [-0.3, -0.25) is 0 Å². The van der Waals surface area contributed by atoms with Gasteiger partial charge in [0.2, 0.25) is 0 Å². The molecule has 0 aliphatic carbocycles. The van der Waals surface area contributed by atoms with Gasteiger partial charge in [0, 0.05) is 33.5 Å². The Hall–Kier alpha value is -6.90. The van der Waals surface area contributed by atoms with E-state index in [-0.39, 0.29) is 0 Å². The molecule has 0 saturated heterocycles. The average Bonchev–Trinajstić information content (AvgIpc) is 3.48. The second-order valence-electron chi connectivity index (χ2n) is 14.3. The van der Waals surface area contributed by atoms with Crippen LogP contribution in [0.15, 0.2) is 182 Å². The number of aromatic nitrogens is 1. The summed E-state index contributed by atoms with van der Waals surface area (Å²) < 4.78 is 2.45. The van der Waals surface area contributed by atoms with Crippen molar-refractivity contribution in [3.8, 4) is 5.69 Å². The molecule has 1 heterocycles. The lowest BCUT2D eigenvalue weighted by molar-refractivity contribution is 1.05. The summed E-state index contributed by atoms with van der Waals surface area (Å²) in [6, 6.07) is 66.2. The van der Waals surface area contributed by atoms with E-state index < -0.39 is 0 Å². The summed E-state index contributed by atoms with van der Waals surface area (Å²) in [7, 11) is 0. The first-order valence-electron chi connectivity index (χ1n) is 18.7. The van der Waals surface area contributed by atoms with Crippen LogP contribution in [-0.4, -0.2) is 4.57 Å². The number of anilines is 3. The molecule has 2 heteroatoms. The van der Waals surface area contributed by atoms with Crippen LogP contribution in [0.25, 0.3) is 71.8 Å². The number of rotatable bonds is 6. The van der Waals surface area contributed by atoms with Crippen molar-refractivity contribution >= 4 is 83.2 Å². The van der Waals surface area contributed by atoms with Crippen molar-refractivity contribution in [3.05, 3.63) is 204 Å². The van der Waals surface area contributed by atoms with Gasteiger partial charge >= 0.3 is 0 Å². The predicted molar refractivity (Wildman–Crippen MR) is 233 cm³/mol. The summed E-state index contributed by atoms with van der Waals surface area (Å²) in [5.74, 6) is 0. The third-order valence-corrected chi connectivity index (χ3v) is 11.1. The normalized spacial score (nSPS) is 11.8. The molecule has 0 N–H and O–H groups in total. The number of nitrogens with zero attached hydrogens (tertiary/aromatic N) is 2. The molecular weight excluding hydrogens is 653 g/mol. The molecule has 0 fully saturated rings. The maximum absolute atomic E-state index is 2.45. The molecule has 54 heavy (non-hydrogen) atoms. The number of hydrogen-bond acceptors (Lipinski definition) is 1. The maximum Gasteiger partial charge on any atom is 0.0543 e. The smallest absolute Gasteiger partial charge is 0.0543 e. The topological polar surface area (TPSA) is 8.17 Å². The first-order chi connectivity index (χ1) is 26.6. The lowest BCUT2D eigenvalue weighted by atomic mass is 10.00. The van der Waals surface area contributed by atoms with Crippen molar-refractivity contribution in [1.29, 1.82) is 0 Å². The third kappa shape index (κ3) is 5.43. The van der Waals surface area contributed by atoms with Crippen molar-refractivity contribution in [2.45, 2.75) is 13.8 Å². The summed E-state index contributed by atoms with van der Waals surface area (Å²) in [6.07, 6.45) is 4.45. The highest BCUT2D eigenvalue weighted by Gasteiger charge is 2.17. The van der Waals surface area contributed by atoms with E-state index in [9.17, 15) is 0 Å². The van der Waals surface area contributed by atoms with E-state index in [4.69, 9.17) is 0 Å². The molecule has 0 aliphatic heterocycles. The Morgan fingerprint density at radius 2 is 0.907 bits per heavy atom. The van der Waals surface area contributed by atoms with Gasteiger partial charge in [-0.15, -0.1) is 0 Å². The lowest BCUT2D eigenvalue weighted by Gasteiger charge is -2.26. The minimum absolute atomic E-state index is 1.12. The van der Waals surface area contributed by atoms with E-state index in [0.717, 1.165) is 22.6 Å². The Morgan fingerprint density at radius 1 is 0.389 bits per heavy atom.